The van der Waals surface area contributed by atoms with Crippen molar-refractivity contribution in [1.29, 1.82) is 0 Å². The summed E-state index contributed by atoms with van der Waals surface area (Å²) in [4.78, 5) is 25.5. The highest BCUT2D eigenvalue weighted by molar-refractivity contribution is 7.80. The summed E-state index contributed by atoms with van der Waals surface area (Å²) in [5.41, 5.74) is 8.32. The van der Waals surface area contributed by atoms with E-state index in [4.69, 9.17) is 18.0 Å². The maximum absolute atomic E-state index is 12.2. The number of hydrogen-bond donors (Lipinski definition) is 3. The molecule has 0 bridgehead atoms. The Balaban J connectivity index is 1.71. The largest absolute Gasteiger partial charge is 0.365 e. The summed E-state index contributed by atoms with van der Waals surface area (Å²) in [6.45, 7) is 6.74. The Hall–Kier alpha value is -2.51. The number of carbonyl (C=O) groups is 2. The van der Waals surface area contributed by atoms with Gasteiger partial charge in [0.1, 0.15) is 5.00 Å². The van der Waals surface area contributed by atoms with Crippen LogP contribution in [0.3, 0.4) is 0 Å². The zero-order chi connectivity index (χ0) is 21.9. The molecular formula is C23H27N3O2S2. The summed E-state index contributed by atoms with van der Waals surface area (Å²) in [5.74, 6) is -0.264. The number of nitrogens with one attached hydrogen (secondary N) is 2. The molecule has 7 heteroatoms. The number of rotatable bonds is 4. The standard InChI is InChI=1S/C23H27N3O2S2/c1-23(2,3)15-10-11-16-17(13-15)30-21(19(16)20(24)28)26-22(29)25-18(27)12-9-14-7-5-4-6-8-14/h4-9,12,15H,10-11,13H2,1-3H3,(H2,24,28)(H2,25,26,27,29)/b12-9+. The third-order valence-corrected chi connectivity index (χ3v) is 6.80. The van der Waals surface area contributed by atoms with Crippen LogP contribution in [-0.2, 0) is 17.6 Å². The van der Waals surface area contributed by atoms with Gasteiger partial charge in [-0.2, -0.15) is 0 Å². The first-order valence-electron chi connectivity index (χ1n) is 9.94. The summed E-state index contributed by atoms with van der Waals surface area (Å²) in [5, 5.41) is 6.40. The second kappa shape index (κ2) is 9.10. The molecule has 158 valence electrons. The number of nitrogens with two attached hydrogens (primary N) is 1. The van der Waals surface area contributed by atoms with Crippen molar-refractivity contribution in [3.8, 4) is 0 Å². The number of thiophene rings is 1. The fourth-order valence-corrected chi connectivity index (χ4v) is 5.30. The maximum Gasteiger partial charge on any atom is 0.251 e. The van der Waals surface area contributed by atoms with Crippen LogP contribution in [-0.4, -0.2) is 16.9 Å². The highest BCUT2D eigenvalue weighted by atomic mass is 32.1. The topological polar surface area (TPSA) is 84.2 Å². The number of amides is 2. The highest BCUT2D eigenvalue weighted by Gasteiger charge is 2.33. The van der Waals surface area contributed by atoms with Gasteiger partial charge in [0.2, 0.25) is 5.91 Å². The Kier molecular flexibility index (Phi) is 6.73. The second-order valence-electron chi connectivity index (χ2n) is 8.57. The van der Waals surface area contributed by atoms with Crippen LogP contribution in [0, 0.1) is 11.3 Å². The van der Waals surface area contributed by atoms with Gasteiger partial charge in [-0.15, -0.1) is 11.3 Å². The van der Waals surface area contributed by atoms with Gasteiger partial charge in [0, 0.05) is 11.0 Å². The van der Waals surface area contributed by atoms with Gasteiger partial charge in [-0.3, -0.25) is 14.9 Å². The van der Waals surface area contributed by atoms with Crippen molar-refractivity contribution in [2.24, 2.45) is 17.1 Å². The predicted molar refractivity (Wildman–Crippen MR) is 128 cm³/mol. The molecule has 0 fully saturated rings. The monoisotopic (exact) mass is 441 g/mol. The Morgan fingerprint density at radius 1 is 1.23 bits per heavy atom. The van der Waals surface area contributed by atoms with Crippen molar-refractivity contribution >= 4 is 51.6 Å². The van der Waals surface area contributed by atoms with Crippen molar-refractivity contribution in [3.63, 3.8) is 0 Å². The molecule has 1 aliphatic rings. The molecule has 4 N–H and O–H groups in total. The average molecular weight is 442 g/mol. The lowest BCUT2D eigenvalue weighted by Gasteiger charge is -2.33. The first-order chi connectivity index (χ1) is 14.1. The number of benzene rings is 1. The number of primary amides is 1. The quantitative estimate of drug-likeness (QED) is 0.481. The molecule has 1 aromatic carbocycles. The molecule has 1 atom stereocenters. The van der Waals surface area contributed by atoms with Crippen molar-refractivity contribution in [2.45, 2.75) is 40.0 Å². The minimum Gasteiger partial charge on any atom is -0.365 e. The van der Waals surface area contributed by atoms with Crippen LogP contribution in [0.25, 0.3) is 6.08 Å². The van der Waals surface area contributed by atoms with Gasteiger partial charge in [-0.1, -0.05) is 51.1 Å². The van der Waals surface area contributed by atoms with E-state index in [-0.39, 0.29) is 16.4 Å². The van der Waals surface area contributed by atoms with Crippen molar-refractivity contribution in [2.75, 3.05) is 5.32 Å². The molecule has 1 aliphatic carbocycles. The minimum absolute atomic E-state index is 0.145. The van der Waals surface area contributed by atoms with E-state index in [2.05, 4.69) is 31.4 Å². The van der Waals surface area contributed by atoms with E-state index in [1.807, 2.05) is 30.3 Å². The molecule has 0 saturated carbocycles. The fraction of sp³-hybridized carbons (Fsp3) is 0.348. The van der Waals surface area contributed by atoms with Gasteiger partial charge in [-0.25, -0.2) is 0 Å². The van der Waals surface area contributed by atoms with Crippen molar-refractivity contribution in [3.05, 3.63) is 58.0 Å². The van der Waals surface area contributed by atoms with Crippen LogP contribution in [0.15, 0.2) is 36.4 Å². The summed E-state index contributed by atoms with van der Waals surface area (Å²) < 4.78 is 0. The highest BCUT2D eigenvalue weighted by Crippen LogP contribution is 2.44. The second-order valence-corrected chi connectivity index (χ2v) is 10.1. The third-order valence-electron chi connectivity index (χ3n) is 5.43. The average Bonchev–Trinajstić information content (AvgIpc) is 3.03. The summed E-state index contributed by atoms with van der Waals surface area (Å²) in [6.07, 6.45) is 5.91. The third kappa shape index (κ3) is 5.34. The molecule has 1 aromatic heterocycles. The van der Waals surface area contributed by atoms with Crippen LogP contribution in [0.1, 0.15) is 53.6 Å². The van der Waals surface area contributed by atoms with E-state index in [0.717, 1.165) is 30.4 Å². The molecule has 1 unspecified atom stereocenters. The number of carbonyl (C=O) groups excluding carboxylic acids is 2. The molecule has 0 saturated heterocycles. The van der Waals surface area contributed by atoms with Crippen LogP contribution in [0.4, 0.5) is 5.00 Å². The van der Waals surface area contributed by atoms with Crippen LogP contribution < -0.4 is 16.4 Å². The molecule has 2 aromatic rings. The maximum atomic E-state index is 12.2. The van der Waals surface area contributed by atoms with Gasteiger partial charge in [0.05, 0.1) is 5.56 Å². The van der Waals surface area contributed by atoms with Crippen LogP contribution >= 0.6 is 23.6 Å². The van der Waals surface area contributed by atoms with E-state index in [9.17, 15) is 9.59 Å². The molecular weight excluding hydrogens is 414 g/mol. The molecule has 5 nitrogen and oxygen atoms in total. The lowest BCUT2D eigenvalue weighted by molar-refractivity contribution is -0.115. The van der Waals surface area contributed by atoms with E-state index in [0.29, 0.717) is 16.5 Å². The summed E-state index contributed by atoms with van der Waals surface area (Å²) in [7, 11) is 0. The lowest BCUT2D eigenvalue weighted by atomic mass is 9.72. The van der Waals surface area contributed by atoms with E-state index in [1.54, 1.807) is 6.08 Å². The Labute approximate surface area is 186 Å². The smallest absolute Gasteiger partial charge is 0.251 e. The molecule has 0 aliphatic heterocycles. The summed E-state index contributed by atoms with van der Waals surface area (Å²) in [6, 6.07) is 9.52. The van der Waals surface area contributed by atoms with Gasteiger partial charge in [0.25, 0.3) is 5.91 Å². The number of hydrogen-bond acceptors (Lipinski definition) is 4. The van der Waals surface area contributed by atoms with Crippen molar-refractivity contribution in [1.82, 2.24) is 5.32 Å². The molecule has 30 heavy (non-hydrogen) atoms. The zero-order valence-corrected chi connectivity index (χ0v) is 19.1. The Bertz CT molecular complexity index is 988. The molecule has 2 amide bonds. The molecule has 0 radical (unpaired) electrons. The number of fused-ring (bicyclic) bond motifs is 1. The van der Waals surface area contributed by atoms with E-state index < -0.39 is 5.91 Å². The Morgan fingerprint density at radius 2 is 1.93 bits per heavy atom. The lowest BCUT2D eigenvalue weighted by Crippen LogP contribution is -2.33. The predicted octanol–water partition coefficient (Wildman–Crippen LogP) is 4.52. The van der Waals surface area contributed by atoms with Gasteiger partial charge < -0.3 is 11.1 Å². The number of anilines is 1. The van der Waals surface area contributed by atoms with E-state index in [1.165, 1.54) is 22.3 Å². The molecule has 0 spiro atoms. The number of thiocarbonyl (C=S) groups is 1. The minimum atomic E-state index is -0.470. The SMILES string of the molecule is CC(C)(C)C1CCc2c(sc(NC(=S)NC(=O)/C=C/c3ccccc3)c2C(N)=O)C1. The first kappa shape index (κ1) is 22.2. The van der Waals surface area contributed by atoms with Gasteiger partial charge in [0.15, 0.2) is 5.11 Å². The molecule has 3 rings (SSSR count). The molecule has 1 heterocycles. The van der Waals surface area contributed by atoms with E-state index >= 15 is 0 Å². The van der Waals surface area contributed by atoms with Crippen LogP contribution in [0.5, 0.6) is 0 Å². The fourth-order valence-electron chi connectivity index (χ4n) is 3.70. The van der Waals surface area contributed by atoms with Gasteiger partial charge >= 0.3 is 0 Å². The summed E-state index contributed by atoms with van der Waals surface area (Å²) >= 11 is 6.80. The van der Waals surface area contributed by atoms with Crippen LogP contribution in [0.2, 0.25) is 0 Å². The van der Waals surface area contributed by atoms with Gasteiger partial charge in [-0.05, 0) is 60.0 Å². The van der Waals surface area contributed by atoms with Crippen molar-refractivity contribution < 1.29 is 9.59 Å². The first-order valence-corrected chi connectivity index (χ1v) is 11.2. The Morgan fingerprint density at radius 3 is 2.57 bits per heavy atom. The zero-order valence-electron chi connectivity index (χ0n) is 17.5. The normalized spacial score (nSPS) is 16.2.